The van der Waals surface area contributed by atoms with Crippen LogP contribution in [0.3, 0.4) is 0 Å². The summed E-state index contributed by atoms with van der Waals surface area (Å²) in [6.45, 7) is 3.25. The highest BCUT2D eigenvalue weighted by Crippen LogP contribution is 2.54. The minimum absolute atomic E-state index is 0.180. The van der Waals surface area contributed by atoms with Crippen molar-refractivity contribution < 1.29 is 22.7 Å². The van der Waals surface area contributed by atoms with Crippen molar-refractivity contribution in [3.05, 3.63) is 17.0 Å². The van der Waals surface area contributed by atoms with Gasteiger partial charge in [0.05, 0.1) is 6.61 Å². The second-order valence-electron chi connectivity index (χ2n) is 5.78. The molecule has 2 unspecified atom stereocenters. The summed E-state index contributed by atoms with van der Waals surface area (Å²) in [6.07, 6.45) is -4.19. The smallest absolute Gasteiger partial charge is 0.433 e. The zero-order chi connectivity index (χ0) is 16.8. The molecule has 2 aliphatic rings. The monoisotopic (exact) mass is 349 g/mol. The second kappa shape index (κ2) is 5.81. The summed E-state index contributed by atoms with van der Waals surface area (Å²) in [7, 11) is 0. The van der Waals surface area contributed by atoms with Gasteiger partial charge in [-0.15, -0.1) is 0 Å². The summed E-state index contributed by atoms with van der Waals surface area (Å²) in [5.41, 5.74) is -1.05. The SMILES string of the molecule is CCOC(=O)CC1C2CN(c3cc(C(F)(F)F)nc(Cl)n3)CC12. The number of aromatic nitrogens is 2. The van der Waals surface area contributed by atoms with E-state index in [0.29, 0.717) is 38.0 Å². The van der Waals surface area contributed by atoms with Crippen molar-refractivity contribution in [2.45, 2.75) is 19.5 Å². The highest BCUT2D eigenvalue weighted by molar-refractivity contribution is 6.28. The van der Waals surface area contributed by atoms with E-state index in [2.05, 4.69) is 9.97 Å². The Morgan fingerprint density at radius 3 is 2.61 bits per heavy atom. The number of anilines is 1. The summed E-state index contributed by atoms with van der Waals surface area (Å²) in [4.78, 5) is 20.4. The minimum Gasteiger partial charge on any atom is -0.466 e. The molecule has 5 nitrogen and oxygen atoms in total. The molecule has 0 aromatic carbocycles. The summed E-state index contributed by atoms with van der Waals surface area (Å²) in [5.74, 6) is 0.803. The van der Waals surface area contributed by atoms with E-state index in [1.807, 2.05) is 0 Å². The van der Waals surface area contributed by atoms with Gasteiger partial charge < -0.3 is 9.64 Å². The number of carbonyl (C=O) groups is 1. The molecule has 9 heteroatoms. The molecule has 0 bridgehead atoms. The van der Waals surface area contributed by atoms with Crippen molar-refractivity contribution in [3.63, 3.8) is 0 Å². The van der Waals surface area contributed by atoms with E-state index in [4.69, 9.17) is 16.3 Å². The predicted molar refractivity (Wildman–Crippen MR) is 76.0 cm³/mol. The van der Waals surface area contributed by atoms with Gasteiger partial charge in [-0.2, -0.15) is 13.2 Å². The standard InChI is InChI=1S/C14H15ClF3N3O2/c1-2-23-12(22)3-7-8-5-21(6-9(7)8)11-4-10(14(16,17)18)19-13(15)20-11/h4,7-9H,2-3,5-6H2,1H3. The molecule has 1 aliphatic carbocycles. The Bertz CT molecular complexity index is 614. The number of nitrogens with zero attached hydrogens (tertiary/aromatic N) is 3. The number of piperidine rings is 1. The maximum Gasteiger partial charge on any atom is 0.433 e. The molecule has 0 spiro atoms. The molecule has 1 aromatic heterocycles. The van der Waals surface area contributed by atoms with Gasteiger partial charge in [0.15, 0.2) is 5.69 Å². The average molecular weight is 350 g/mol. The van der Waals surface area contributed by atoms with Crippen LogP contribution in [0, 0.1) is 17.8 Å². The Hall–Kier alpha value is -1.57. The number of hydrogen-bond donors (Lipinski definition) is 0. The fraction of sp³-hybridized carbons (Fsp3) is 0.643. The lowest BCUT2D eigenvalue weighted by atomic mass is 10.2. The van der Waals surface area contributed by atoms with Crippen molar-refractivity contribution in [1.29, 1.82) is 0 Å². The third-order valence-corrected chi connectivity index (χ3v) is 4.55. The first-order valence-electron chi connectivity index (χ1n) is 7.32. The van der Waals surface area contributed by atoms with Gasteiger partial charge in [0, 0.05) is 25.6 Å². The van der Waals surface area contributed by atoms with Crippen molar-refractivity contribution in [3.8, 4) is 0 Å². The topological polar surface area (TPSA) is 55.3 Å². The van der Waals surface area contributed by atoms with Gasteiger partial charge in [0.25, 0.3) is 0 Å². The molecular weight excluding hydrogens is 335 g/mol. The average Bonchev–Trinajstić information content (AvgIpc) is 2.91. The van der Waals surface area contributed by atoms with Crippen LogP contribution >= 0.6 is 11.6 Å². The normalized spacial score (nSPS) is 26.1. The van der Waals surface area contributed by atoms with Crippen LogP contribution in [-0.2, 0) is 15.7 Å². The summed E-state index contributed by atoms with van der Waals surface area (Å²) >= 11 is 5.60. The van der Waals surface area contributed by atoms with Crippen LogP contribution in [0.5, 0.6) is 0 Å². The van der Waals surface area contributed by atoms with Gasteiger partial charge >= 0.3 is 12.1 Å². The van der Waals surface area contributed by atoms with Crippen molar-refractivity contribution in [1.82, 2.24) is 9.97 Å². The molecule has 3 rings (SSSR count). The predicted octanol–water partition coefficient (Wildman–Crippen LogP) is 2.78. The molecule has 1 saturated carbocycles. The number of carbonyl (C=O) groups excluding carboxylic acids is 1. The second-order valence-corrected chi connectivity index (χ2v) is 6.12. The molecule has 0 amide bonds. The number of halogens is 4. The number of ether oxygens (including phenoxy) is 1. The minimum atomic E-state index is -4.56. The largest absolute Gasteiger partial charge is 0.466 e. The Balaban J connectivity index is 1.64. The van der Waals surface area contributed by atoms with Crippen LogP contribution in [0.25, 0.3) is 0 Å². The molecule has 1 aromatic rings. The van der Waals surface area contributed by atoms with Crippen LogP contribution < -0.4 is 4.90 Å². The van der Waals surface area contributed by atoms with Gasteiger partial charge in [-0.25, -0.2) is 9.97 Å². The molecule has 0 N–H and O–H groups in total. The first kappa shape index (κ1) is 16.3. The molecular formula is C14H15ClF3N3O2. The van der Waals surface area contributed by atoms with E-state index < -0.39 is 17.2 Å². The summed E-state index contributed by atoms with van der Waals surface area (Å²) < 4.78 is 43.3. The first-order chi connectivity index (χ1) is 10.8. The fourth-order valence-corrected chi connectivity index (χ4v) is 3.44. The van der Waals surface area contributed by atoms with Gasteiger partial charge in [0.2, 0.25) is 5.28 Å². The van der Waals surface area contributed by atoms with Crippen LogP contribution in [0.4, 0.5) is 19.0 Å². The van der Waals surface area contributed by atoms with E-state index >= 15 is 0 Å². The van der Waals surface area contributed by atoms with Crippen LogP contribution in [0.15, 0.2) is 6.07 Å². The number of rotatable bonds is 4. The molecule has 2 atom stereocenters. The first-order valence-corrected chi connectivity index (χ1v) is 7.69. The number of hydrogen-bond acceptors (Lipinski definition) is 5. The maximum atomic E-state index is 12.8. The molecule has 126 valence electrons. The lowest BCUT2D eigenvalue weighted by Crippen LogP contribution is -2.26. The third-order valence-electron chi connectivity index (χ3n) is 4.38. The number of fused-ring (bicyclic) bond motifs is 1. The van der Waals surface area contributed by atoms with E-state index in [-0.39, 0.29) is 17.7 Å². The molecule has 2 heterocycles. The lowest BCUT2D eigenvalue weighted by Gasteiger charge is -2.21. The third kappa shape index (κ3) is 3.36. The van der Waals surface area contributed by atoms with E-state index in [0.717, 1.165) is 6.07 Å². The van der Waals surface area contributed by atoms with Crippen LogP contribution in [0.1, 0.15) is 19.0 Å². The zero-order valence-electron chi connectivity index (χ0n) is 12.3. The van der Waals surface area contributed by atoms with Crippen LogP contribution in [-0.4, -0.2) is 35.6 Å². The number of alkyl halides is 3. The Morgan fingerprint density at radius 1 is 1.39 bits per heavy atom. The molecule has 0 radical (unpaired) electrons. The fourth-order valence-electron chi connectivity index (χ4n) is 3.26. The Morgan fingerprint density at radius 2 is 2.04 bits per heavy atom. The zero-order valence-corrected chi connectivity index (χ0v) is 13.1. The summed E-state index contributed by atoms with van der Waals surface area (Å²) in [5, 5.41) is -0.418. The maximum absolute atomic E-state index is 12.8. The molecule has 1 aliphatic heterocycles. The molecule has 23 heavy (non-hydrogen) atoms. The van der Waals surface area contributed by atoms with Crippen molar-refractivity contribution in [2.24, 2.45) is 17.8 Å². The van der Waals surface area contributed by atoms with Crippen molar-refractivity contribution in [2.75, 3.05) is 24.6 Å². The van der Waals surface area contributed by atoms with E-state index in [1.54, 1.807) is 11.8 Å². The molecule has 1 saturated heterocycles. The highest BCUT2D eigenvalue weighted by Gasteiger charge is 2.56. The van der Waals surface area contributed by atoms with Crippen LogP contribution in [0.2, 0.25) is 5.28 Å². The quantitative estimate of drug-likeness (QED) is 0.618. The molecule has 2 fully saturated rings. The Kier molecular flexibility index (Phi) is 4.12. The number of esters is 1. The lowest BCUT2D eigenvalue weighted by molar-refractivity contribution is -0.144. The van der Waals surface area contributed by atoms with Gasteiger partial charge in [0.1, 0.15) is 5.82 Å². The van der Waals surface area contributed by atoms with E-state index in [1.165, 1.54) is 0 Å². The highest BCUT2D eigenvalue weighted by atomic mass is 35.5. The van der Waals surface area contributed by atoms with Gasteiger partial charge in [-0.1, -0.05) is 0 Å². The van der Waals surface area contributed by atoms with E-state index in [9.17, 15) is 18.0 Å². The van der Waals surface area contributed by atoms with Crippen molar-refractivity contribution >= 4 is 23.4 Å². The van der Waals surface area contributed by atoms with Gasteiger partial charge in [-0.3, -0.25) is 4.79 Å². The Labute approximate surface area is 135 Å². The summed E-state index contributed by atoms with van der Waals surface area (Å²) in [6, 6.07) is 0.914. The van der Waals surface area contributed by atoms with Gasteiger partial charge in [-0.05, 0) is 36.3 Å².